The molecule has 1 saturated carbocycles. The highest BCUT2D eigenvalue weighted by Gasteiger charge is 2.45. The smallest absolute Gasteiger partial charge is 0.0102 e. The van der Waals surface area contributed by atoms with Gasteiger partial charge < -0.3 is 0 Å². The van der Waals surface area contributed by atoms with Crippen LogP contribution in [0.4, 0.5) is 0 Å². The predicted octanol–water partition coefficient (Wildman–Crippen LogP) is 1.10. The summed E-state index contributed by atoms with van der Waals surface area (Å²) in [5, 5.41) is 0. The van der Waals surface area contributed by atoms with Crippen LogP contribution in [0.5, 0.6) is 0 Å². The zero-order valence-electron chi connectivity index (χ0n) is 5.71. The zero-order valence-corrected chi connectivity index (χ0v) is 5.71. The first-order valence-electron chi connectivity index (χ1n) is 4.16. The SMILES string of the molecule is C1C2CC3CC1CN3C2. The molecule has 4 bridgehead atoms. The van der Waals surface area contributed by atoms with Gasteiger partial charge in [0.25, 0.3) is 0 Å². The van der Waals surface area contributed by atoms with Gasteiger partial charge >= 0.3 is 0 Å². The number of piperidine rings is 1. The summed E-state index contributed by atoms with van der Waals surface area (Å²) in [6.07, 6.45) is 4.64. The Morgan fingerprint density at radius 3 is 2.00 bits per heavy atom. The molecular formula is C8H13N. The van der Waals surface area contributed by atoms with Crippen molar-refractivity contribution in [2.24, 2.45) is 11.8 Å². The summed E-state index contributed by atoms with van der Waals surface area (Å²) in [6.45, 7) is 2.89. The molecule has 0 aromatic rings. The summed E-state index contributed by atoms with van der Waals surface area (Å²) < 4.78 is 0. The van der Waals surface area contributed by atoms with Crippen LogP contribution in [0.25, 0.3) is 0 Å². The van der Waals surface area contributed by atoms with Gasteiger partial charge in [0.15, 0.2) is 0 Å². The topological polar surface area (TPSA) is 3.24 Å². The van der Waals surface area contributed by atoms with Crippen molar-refractivity contribution in [2.45, 2.75) is 25.3 Å². The van der Waals surface area contributed by atoms with Crippen LogP contribution in [-0.4, -0.2) is 24.0 Å². The van der Waals surface area contributed by atoms with Gasteiger partial charge in [0, 0.05) is 19.1 Å². The molecule has 2 atom stereocenters. The van der Waals surface area contributed by atoms with Crippen molar-refractivity contribution in [3.8, 4) is 0 Å². The van der Waals surface area contributed by atoms with Gasteiger partial charge in [-0.1, -0.05) is 0 Å². The molecule has 50 valence electrons. The quantitative estimate of drug-likeness (QED) is 0.466. The molecule has 2 unspecified atom stereocenters. The maximum Gasteiger partial charge on any atom is 0.0102 e. The first-order chi connectivity index (χ1) is 4.42. The largest absolute Gasteiger partial charge is 0.300 e. The van der Waals surface area contributed by atoms with Crippen LogP contribution >= 0.6 is 0 Å². The second-order valence-corrected chi connectivity index (χ2v) is 4.05. The Bertz CT molecular complexity index is 110. The summed E-state index contributed by atoms with van der Waals surface area (Å²) in [4.78, 5) is 2.71. The summed E-state index contributed by atoms with van der Waals surface area (Å²) in [7, 11) is 0. The van der Waals surface area contributed by atoms with E-state index in [1.165, 1.54) is 25.9 Å². The lowest BCUT2D eigenvalue weighted by Crippen LogP contribution is -2.27. The molecule has 3 heterocycles. The summed E-state index contributed by atoms with van der Waals surface area (Å²) in [5.41, 5.74) is 0. The molecule has 9 heavy (non-hydrogen) atoms. The van der Waals surface area contributed by atoms with Crippen molar-refractivity contribution < 1.29 is 0 Å². The molecule has 4 fully saturated rings. The Balaban J connectivity index is 2.00. The van der Waals surface area contributed by atoms with E-state index in [0.717, 1.165) is 17.9 Å². The molecule has 0 aromatic carbocycles. The third-order valence-electron chi connectivity index (χ3n) is 3.38. The number of hydrogen-bond donors (Lipinski definition) is 0. The molecule has 4 aliphatic rings. The molecule has 3 aliphatic heterocycles. The van der Waals surface area contributed by atoms with Gasteiger partial charge in [-0.05, 0) is 31.1 Å². The number of hydrogen-bond acceptors (Lipinski definition) is 1. The monoisotopic (exact) mass is 123 g/mol. The standard InChI is InChI=1S/C8H13N/c1-6-2-8-3-7(1)5-9(8)4-6/h6-8H,1-5H2. The van der Waals surface area contributed by atoms with Gasteiger partial charge in [0.2, 0.25) is 0 Å². The fraction of sp³-hybridized carbons (Fsp3) is 1.00. The minimum atomic E-state index is 1.04. The molecule has 4 rings (SSSR count). The maximum absolute atomic E-state index is 2.71. The van der Waals surface area contributed by atoms with E-state index in [0.29, 0.717) is 0 Å². The van der Waals surface area contributed by atoms with Crippen LogP contribution in [0.3, 0.4) is 0 Å². The lowest BCUT2D eigenvalue weighted by molar-refractivity contribution is 0.258. The Labute approximate surface area is 56.0 Å². The highest BCUT2D eigenvalue weighted by Crippen LogP contribution is 2.45. The Morgan fingerprint density at radius 2 is 1.56 bits per heavy atom. The Morgan fingerprint density at radius 1 is 0.889 bits per heavy atom. The van der Waals surface area contributed by atoms with Crippen molar-refractivity contribution in [1.82, 2.24) is 4.90 Å². The molecule has 0 spiro atoms. The average molecular weight is 123 g/mol. The van der Waals surface area contributed by atoms with E-state index >= 15 is 0 Å². The summed E-state index contributed by atoms with van der Waals surface area (Å²) in [6, 6.07) is 1.04. The third kappa shape index (κ3) is 0.493. The Kier molecular flexibility index (Phi) is 0.704. The van der Waals surface area contributed by atoms with E-state index in [1.807, 2.05) is 0 Å². The highest BCUT2D eigenvalue weighted by atomic mass is 15.2. The molecule has 0 N–H and O–H groups in total. The molecule has 1 aliphatic carbocycles. The molecule has 1 heteroatoms. The van der Waals surface area contributed by atoms with Crippen molar-refractivity contribution in [3.05, 3.63) is 0 Å². The van der Waals surface area contributed by atoms with Crippen LogP contribution in [0.15, 0.2) is 0 Å². The number of rotatable bonds is 0. The van der Waals surface area contributed by atoms with Crippen LogP contribution in [0.1, 0.15) is 19.3 Å². The summed E-state index contributed by atoms with van der Waals surface area (Å²) >= 11 is 0. The van der Waals surface area contributed by atoms with Gasteiger partial charge in [0.05, 0.1) is 0 Å². The molecule has 1 nitrogen and oxygen atoms in total. The van der Waals surface area contributed by atoms with Crippen molar-refractivity contribution in [2.75, 3.05) is 13.1 Å². The second-order valence-electron chi connectivity index (χ2n) is 4.05. The molecule has 0 amide bonds. The number of nitrogens with zero attached hydrogens (tertiary/aromatic N) is 1. The normalized spacial score (nSPS) is 61.3. The van der Waals surface area contributed by atoms with Crippen LogP contribution in [-0.2, 0) is 0 Å². The van der Waals surface area contributed by atoms with E-state index in [9.17, 15) is 0 Å². The minimum absolute atomic E-state index is 1.04. The van der Waals surface area contributed by atoms with Gasteiger partial charge in [0.1, 0.15) is 0 Å². The first kappa shape index (κ1) is 4.73. The van der Waals surface area contributed by atoms with Gasteiger partial charge in [-0.15, -0.1) is 0 Å². The average Bonchev–Trinajstić information content (AvgIpc) is 2.20. The highest BCUT2D eigenvalue weighted by molar-refractivity contribution is 4.99. The minimum Gasteiger partial charge on any atom is -0.300 e. The molecular weight excluding hydrogens is 110 g/mol. The second kappa shape index (κ2) is 1.34. The maximum atomic E-state index is 2.71. The lowest BCUT2D eigenvalue weighted by Gasteiger charge is -2.23. The van der Waals surface area contributed by atoms with E-state index in [1.54, 1.807) is 6.42 Å². The van der Waals surface area contributed by atoms with Crippen molar-refractivity contribution >= 4 is 0 Å². The fourth-order valence-electron chi connectivity index (χ4n) is 3.16. The first-order valence-corrected chi connectivity index (χ1v) is 4.16. The predicted molar refractivity (Wildman–Crippen MR) is 36.2 cm³/mol. The van der Waals surface area contributed by atoms with Gasteiger partial charge in [-0.2, -0.15) is 0 Å². The van der Waals surface area contributed by atoms with Crippen LogP contribution in [0, 0.1) is 11.8 Å². The van der Waals surface area contributed by atoms with Gasteiger partial charge in [-0.3, -0.25) is 4.90 Å². The summed E-state index contributed by atoms with van der Waals surface area (Å²) in [5.74, 6) is 2.23. The van der Waals surface area contributed by atoms with E-state index < -0.39 is 0 Å². The van der Waals surface area contributed by atoms with Crippen LogP contribution < -0.4 is 0 Å². The fourth-order valence-corrected chi connectivity index (χ4v) is 3.16. The van der Waals surface area contributed by atoms with Crippen molar-refractivity contribution in [1.29, 1.82) is 0 Å². The Hall–Kier alpha value is -0.0400. The van der Waals surface area contributed by atoms with E-state index in [4.69, 9.17) is 0 Å². The van der Waals surface area contributed by atoms with E-state index in [-0.39, 0.29) is 0 Å². The zero-order chi connectivity index (χ0) is 5.84. The van der Waals surface area contributed by atoms with Crippen LogP contribution in [0.2, 0.25) is 0 Å². The molecule has 0 radical (unpaired) electrons. The van der Waals surface area contributed by atoms with Crippen molar-refractivity contribution in [3.63, 3.8) is 0 Å². The van der Waals surface area contributed by atoms with Gasteiger partial charge in [-0.25, -0.2) is 0 Å². The third-order valence-corrected chi connectivity index (χ3v) is 3.38. The van der Waals surface area contributed by atoms with E-state index in [2.05, 4.69) is 4.90 Å². The molecule has 0 aromatic heterocycles. The lowest BCUT2D eigenvalue weighted by atomic mass is 9.83. The molecule has 3 saturated heterocycles.